The Morgan fingerprint density at radius 1 is 1.12 bits per heavy atom. The Bertz CT molecular complexity index is 1500. The Hall–Kier alpha value is -2.15. The molecule has 4 atom stereocenters. The summed E-state index contributed by atoms with van der Waals surface area (Å²) in [5.41, 5.74) is 1.44. The van der Waals surface area contributed by atoms with E-state index in [1.807, 2.05) is 13.8 Å². The fourth-order valence-corrected chi connectivity index (χ4v) is 11.7. The lowest BCUT2D eigenvalue weighted by Gasteiger charge is -2.46. The Labute approximate surface area is 251 Å². The number of hydrogen-bond acceptors (Lipinski definition) is 7. The molecule has 3 N–H and O–H groups in total. The van der Waals surface area contributed by atoms with E-state index in [0.29, 0.717) is 25.9 Å². The fraction of sp³-hybridized carbons (Fsp3) is 0.690. The van der Waals surface area contributed by atoms with Gasteiger partial charge in [-0.05, 0) is 72.8 Å². The molecule has 236 valence electrons. The minimum atomic E-state index is -4.89. The molecule has 4 fully saturated rings. The molecule has 6 rings (SSSR count). The molecule has 43 heavy (non-hydrogen) atoms. The molecule has 5 aliphatic rings. The molecule has 1 aromatic rings. The van der Waals surface area contributed by atoms with E-state index >= 15 is 0 Å². The van der Waals surface area contributed by atoms with Gasteiger partial charge in [0.2, 0.25) is 21.8 Å². The molecule has 2 heterocycles. The number of nitrogens with one attached hydrogen (secondary N) is 1. The number of benzene rings is 1. The molecule has 2 aliphatic heterocycles. The molecule has 2 bridgehead atoms. The van der Waals surface area contributed by atoms with Crippen molar-refractivity contribution >= 4 is 35.6 Å². The molecular weight excluding hydrogens is 597 g/mol. The number of fused-ring (bicyclic) bond motifs is 4. The lowest BCUT2D eigenvalue weighted by Crippen LogP contribution is -2.57. The van der Waals surface area contributed by atoms with E-state index in [9.17, 15) is 27.4 Å². The quantitative estimate of drug-likeness (QED) is 0.284. The van der Waals surface area contributed by atoms with Gasteiger partial charge in [0, 0.05) is 24.5 Å². The van der Waals surface area contributed by atoms with Crippen LogP contribution in [0, 0.1) is 16.7 Å². The third-order valence-corrected chi connectivity index (χ3v) is 14.1. The minimum absolute atomic E-state index is 0.0126. The summed E-state index contributed by atoms with van der Waals surface area (Å²) >= 11 is 0. The molecule has 12 nitrogen and oxygen atoms in total. The smallest absolute Gasteiger partial charge is 0.342 e. The van der Waals surface area contributed by atoms with Crippen LogP contribution in [0.1, 0.15) is 69.9 Å². The largest absolute Gasteiger partial charge is 0.470 e. The molecule has 14 heteroatoms. The predicted molar refractivity (Wildman–Crippen MR) is 155 cm³/mol. The van der Waals surface area contributed by atoms with Gasteiger partial charge in [-0.2, -0.15) is 0 Å². The van der Waals surface area contributed by atoms with Crippen LogP contribution < -0.4 is 5.32 Å². The molecule has 2 saturated carbocycles. The van der Waals surface area contributed by atoms with Gasteiger partial charge >= 0.3 is 7.82 Å². The van der Waals surface area contributed by atoms with Gasteiger partial charge in [0.25, 0.3) is 5.91 Å². The van der Waals surface area contributed by atoms with Crippen LogP contribution in [0.15, 0.2) is 24.3 Å². The van der Waals surface area contributed by atoms with E-state index in [1.165, 1.54) is 16.0 Å². The van der Waals surface area contributed by atoms with Crippen LogP contribution in [0.3, 0.4) is 0 Å². The summed E-state index contributed by atoms with van der Waals surface area (Å²) in [5, 5.41) is 2.35. The van der Waals surface area contributed by atoms with Crippen molar-refractivity contribution < 1.29 is 41.7 Å². The third-order valence-electron chi connectivity index (χ3n) is 11.6. The first kappa shape index (κ1) is 30.9. The second-order valence-corrected chi connectivity index (χ2v) is 16.9. The second-order valence-electron chi connectivity index (χ2n) is 13.6. The summed E-state index contributed by atoms with van der Waals surface area (Å²) in [4.78, 5) is 57.9. The molecule has 1 spiro atoms. The molecule has 3 amide bonds. The monoisotopic (exact) mass is 637 g/mol. The Kier molecular flexibility index (Phi) is 7.50. The van der Waals surface area contributed by atoms with Crippen LogP contribution in [0.25, 0.3) is 0 Å². The van der Waals surface area contributed by atoms with Crippen LogP contribution >= 0.6 is 7.82 Å². The van der Waals surface area contributed by atoms with Crippen LogP contribution in [0.5, 0.6) is 0 Å². The maximum Gasteiger partial charge on any atom is 0.470 e. The van der Waals surface area contributed by atoms with E-state index in [4.69, 9.17) is 9.79 Å². The zero-order chi connectivity index (χ0) is 31.0. The number of imide groups is 1. The van der Waals surface area contributed by atoms with Gasteiger partial charge in [-0.25, -0.2) is 17.3 Å². The molecule has 2 saturated heterocycles. The molecule has 4 unspecified atom stereocenters. The molecule has 0 aromatic heterocycles. The normalized spacial score (nSPS) is 31.6. The van der Waals surface area contributed by atoms with Gasteiger partial charge in [-0.15, -0.1) is 0 Å². The highest BCUT2D eigenvalue weighted by atomic mass is 32.2. The number of likely N-dealkylation sites (tertiary alicyclic amines) is 1. The van der Waals surface area contributed by atoms with Crippen LogP contribution in [-0.2, 0) is 45.3 Å². The van der Waals surface area contributed by atoms with Crippen LogP contribution in [0.4, 0.5) is 0 Å². The average molecular weight is 638 g/mol. The number of carbonyl (C=O) groups excluding carboxylic acids is 3. The number of rotatable bonds is 8. The van der Waals surface area contributed by atoms with Crippen LogP contribution in [-0.4, -0.2) is 82.7 Å². The lowest BCUT2D eigenvalue weighted by atomic mass is 9.68. The van der Waals surface area contributed by atoms with Gasteiger partial charge in [0.15, 0.2) is 0 Å². The number of nitrogens with zero attached hydrogens (tertiary/aromatic N) is 2. The van der Waals surface area contributed by atoms with Gasteiger partial charge in [-0.3, -0.25) is 23.8 Å². The molecule has 3 aliphatic carbocycles. The number of amides is 3. The minimum Gasteiger partial charge on any atom is -0.342 e. The second kappa shape index (κ2) is 10.5. The van der Waals surface area contributed by atoms with Crippen molar-refractivity contribution in [1.82, 2.24) is 14.5 Å². The Morgan fingerprint density at radius 2 is 1.81 bits per heavy atom. The summed E-state index contributed by atoms with van der Waals surface area (Å²) < 4.78 is 45.1. The number of sulfonamides is 1. The summed E-state index contributed by atoms with van der Waals surface area (Å²) in [5.74, 6) is -2.06. The maximum absolute atomic E-state index is 14.2. The number of hydrogen-bond donors (Lipinski definition) is 3. The highest BCUT2D eigenvalue weighted by molar-refractivity contribution is 7.89. The average Bonchev–Trinajstić information content (AvgIpc) is 3.57. The first-order valence-corrected chi connectivity index (χ1v) is 18.1. The zero-order valence-electron chi connectivity index (χ0n) is 24.5. The maximum atomic E-state index is 14.2. The van der Waals surface area contributed by atoms with E-state index in [0.717, 1.165) is 32.1 Å². The SMILES string of the molecule is CC1(C)C2CCC1(CS(=O)(=O)N1CCC3(CCc4ccccc43)CC1)C(N1C(=O)CC(NC(=O)COP(=O)(O)O)C1=O)C2. The summed E-state index contributed by atoms with van der Waals surface area (Å²) in [6.07, 6.45) is 5.16. The lowest BCUT2D eigenvalue weighted by molar-refractivity contribution is -0.146. The van der Waals surface area contributed by atoms with Crippen molar-refractivity contribution in [1.29, 1.82) is 0 Å². The van der Waals surface area contributed by atoms with Gasteiger partial charge < -0.3 is 15.1 Å². The fourth-order valence-electron chi connectivity index (χ4n) is 9.09. The topological polar surface area (TPSA) is 171 Å². The zero-order valence-corrected chi connectivity index (χ0v) is 26.2. The third kappa shape index (κ3) is 5.10. The summed E-state index contributed by atoms with van der Waals surface area (Å²) in [7, 11) is -8.62. The van der Waals surface area contributed by atoms with E-state index in [1.54, 1.807) is 4.31 Å². The van der Waals surface area contributed by atoms with Crippen molar-refractivity contribution in [3.63, 3.8) is 0 Å². The first-order valence-electron chi connectivity index (χ1n) is 15.0. The molecule has 1 aromatic carbocycles. The van der Waals surface area contributed by atoms with Crippen molar-refractivity contribution in [2.24, 2.45) is 16.7 Å². The number of carbonyl (C=O) groups is 3. The number of piperidine rings is 1. The van der Waals surface area contributed by atoms with E-state index < -0.39 is 65.1 Å². The Balaban J connectivity index is 1.19. The van der Waals surface area contributed by atoms with Crippen molar-refractivity contribution in [2.75, 3.05) is 25.4 Å². The number of phosphoric ester groups is 1. The summed E-state index contributed by atoms with van der Waals surface area (Å²) in [6.45, 7) is 4.00. The van der Waals surface area contributed by atoms with E-state index in [-0.39, 0.29) is 23.5 Å². The van der Waals surface area contributed by atoms with Crippen molar-refractivity contribution in [3.8, 4) is 0 Å². The standard InChI is InChI=1S/C29H40N3O9PS/c1-27(2)20-8-10-29(27,23(15-20)32-25(34)16-22(26(32)35)30-24(33)17-41-42(36,37)38)18-43(39,40)31-13-11-28(12-14-31)9-7-19-5-3-4-6-21(19)28/h3-6,20,22-23H,7-18H2,1-2H3,(H,30,33)(H2,36,37,38). The highest BCUT2D eigenvalue weighted by Gasteiger charge is 2.69. The van der Waals surface area contributed by atoms with Gasteiger partial charge in [0.05, 0.1) is 12.2 Å². The number of aryl methyl sites for hydroxylation is 1. The highest BCUT2D eigenvalue weighted by Crippen LogP contribution is 2.67. The van der Waals surface area contributed by atoms with Crippen molar-refractivity contribution in [3.05, 3.63) is 35.4 Å². The van der Waals surface area contributed by atoms with Gasteiger partial charge in [-0.1, -0.05) is 38.1 Å². The first-order chi connectivity index (χ1) is 20.1. The predicted octanol–water partition coefficient (Wildman–Crippen LogP) is 1.84. The van der Waals surface area contributed by atoms with Gasteiger partial charge in [0.1, 0.15) is 12.6 Å². The molecular formula is C29H40N3O9PS. The molecule has 0 radical (unpaired) electrons. The van der Waals surface area contributed by atoms with Crippen LogP contribution in [0.2, 0.25) is 0 Å². The Morgan fingerprint density at radius 3 is 2.49 bits per heavy atom. The van der Waals surface area contributed by atoms with Crippen molar-refractivity contribution in [2.45, 2.75) is 82.7 Å². The number of phosphoric acid groups is 1. The summed E-state index contributed by atoms with van der Waals surface area (Å²) in [6, 6.07) is 6.63. The van der Waals surface area contributed by atoms with E-state index in [2.05, 4.69) is 34.1 Å².